The van der Waals surface area contributed by atoms with Gasteiger partial charge in [0.25, 0.3) is 0 Å². The highest BCUT2D eigenvalue weighted by atomic mass is 35.5. The molecule has 0 N–H and O–H groups in total. The molecule has 0 atom stereocenters. The number of hydrogen-bond acceptors (Lipinski definition) is 4. The third kappa shape index (κ3) is 3.51. The highest BCUT2D eigenvalue weighted by molar-refractivity contribution is 6.30. The van der Waals surface area contributed by atoms with Crippen LogP contribution in [0.2, 0.25) is 5.02 Å². The maximum Gasteiger partial charge on any atom is 0.316 e. The molecule has 5 heteroatoms. The Morgan fingerprint density at radius 1 is 1.08 bits per heavy atom. The average molecular weight is 371 g/mol. The fourth-order valence-corrected chi connectivity index (χ4v) is 2.69. The van der Waals surface area contributed by atoms with Gasteiger partial charge in [-0.3, -0.25) is 9.59 Å². The second-order valence-electron chi connectivity index (χ2n) is 7.17. The summed E-state index contributed by atoms with van der Waals surface area (Å²) in [6, 6.07) is 11.8. The summed E-state index contributed by atoms with van der Waals surface area (Å²) in [7, 11) is 0. The van der Waals surface area contributed by atoms with Crippen LogP contribution in [-0.2, 0) is 4.79 Å². The smallest absolute Gasteiger partial charge is 0.316 e. The fourth-order valence-electron chi connectivity index (χ4n) is 2.56. The lowest BCUT2D eigenvalue weighted by molar-refractivity contribution is -0.142. The Morgan fingerprint density at radius 3 is 2.35 bits per heavy atom. The maximum absolute atomic E-state index is 12.9. The number of rotatable bonds is 2. The van der Waals surface area contributed by atoms with Gasteiger partial charge in [0, 0.05) is 11.1 Å². The van der Waals surface area contributed by atoms with Crippen molar-refractivity contribution in [3.8, 4) is 16.9 Å². The maximum atomic E-state index is 12.9. The number of benzene rings is 2. The van der Waals surface area contributed by atoms with E-state index >= 15 is 0 Å². The second kappa shape index (κ2) is 6.61. The van der Waals surface area contributed by atoms with Crippen LogP contribution in [-0.4, -0.2) is 5.97 Å². The highest BCUT2D eigenvalue weighted by Gasteiger charge is 2.24. The Kier molecular flexibility index (Phi) is 4.63. The summed E-state index contributed by atoms with van der Waals surface area (Å²) in [5, 5.41) is 1.03. The molecular formula is C21H19ClO4. The van der Waals surface area contributed by atoms with Gasteiger partial charge in [0.05, 0.1) is 16.4 Å². The minimum absolute atomic E-state index is 0.139. The summed E-state index contributed by atoms with van der Waals surface area (Å²) in [4.78, 5) is 25.0. The van der Waals surface area contributed by atoms with E-state index in [2.05, 4.69) is 0 Å². The molecule has 1 heterocycles. The Labute approximate surface area is 156 Å². The van der Waals surface area contributed by atoms with Crippen molar-refractivity contribution >= 4 is 28.5 Å². The molecule has 4 nitrogen and oxygen atoms in total. The van der Waals surface area contributed by atoms with Gasteiger partial charge < -0.3 is 9.15 Å². The Bertz CT molecular complexity index is 1040. The van der Waals surface area contributed by atoms with E-state index in [1.165, 1.54) is 0 Å². The molecule has 1 aromatic heterocycles. The van der Waals surface area contributed by atoms with Crippen LogP contribution >= 0.6 is 11.6 Å². The van der Waals surface area contributed by atoms with Gasteiger partial charge in [-0.15, -0.1) is 0 Å². The molecule has 26 heavy (non-hydrogen) atoms. The van der Waals surface area contributed by atoms with Crippen LogP contribution in [0.25, 0.3) is 22.1 Å². The third-order valence-corrected chi connectivity index (χ3v) is 4.25. The average Bonchev–Trinajstić information content (AvgIpc) is 2.55. The molecule has 0 unspecified atom stereocenters. The first-order valence-corrected chi connectivity index (χ1v) is 8.60. The molecule has 3 rings (SSSR count). The Morgan fingerprint density at radius 2 is 1.73 bits per heavy atom. The zero-order chi connectivity index (χ0) is 19.1. The van der Waals surface area contributed by atoms with Crippen molar-refractivity contribution in [3.63, 3.8) is 0 Å². The summed E-state index contributed by atoms with van der Waals surface area (Å²) in [6.45, 7) is 7.07. The van der Waals surface area contributed by atoms with Gasteiger partial charge in [-0.2, -0.15) is 0 Å². The summed E-state index contributed by atoms with van der Waals surface area (Å²) in [6.07, 6.45) is 0. The summed E-state index contributed by atoms with van der Waals surface area (Å²) in [5.41, 5.74) is 0.855. The number of hydrogen-bond donors (Lipinski definition) is 0. The van der Waals surface area contributed by atoms with Crippen molar-refractivity contribution in [1.29, 1.82) is 0 Å². The summed E-state index contributed by atoms with van der Waals surface area (Å²) in [5.74, 6) is 0.483. The van der Waals surface area contributed by atoms with Crippen LogP contribution in [0.3, 0.4) is 0 Å². The minimum atomic E-state index is -0.621. The van der Waals surface area contributed by atoms with Crippen LogP contribution in [0, 0.1) is 12.3 Å². The minimum Gasteiger partial charge on any atom is -0.460 e. The van der Waals surface area contributed by atoms with E-state index in [0.717, 1.165) is 5.56 Å². The summed E-state index contributed by atoms with van der Waals surface area (Å²) >= 11 is 5.92. The largest absolute Gasteiger partial charge is 0.460 e. The molecule has 134 valence electrons. The molecule has 0 bridgehead atoms. The van der Waals surface area contributed by atoms with Crippen LogP contribution in [0.1, 0.15) is 26.5 Å². The van der Waals surface area contributed by atoms with Crippen LogP contribution in [0.15, 0.2) is 51.7 Å². The molecule has 0 amide bonds. The SMILES string of the molecule is Cc1oc2cc(OC(=O)C(C)(C)C)ccc2c(=O)c1-c1ccc(Cl)cc1. The molecule has 0 saturated heterocycles. The molecule has 0 aliphatic rings. The quantitative estimate of drug-likeness (QED) is 0.449. The summed E-state index contributed by atoms with van der Waals surface area (Å²) < 4.78 is 11.2. The molecule has 0 spiro atoms. The van der Waals surface area contributed by atoms with Crippen molar-refractivity contribution < 1.29 is 13.9 Å². The standard InChI is InChI=1S/C21H19ClO4/c1-12-18(13-5-7-14(22)8-6-13)19(23)16-10-9-15(11-17(16)25-12)26-20(24)21(2,3)4/h5-11H,1-4H3. The zero-order valence-electron chi connectivity index (χ0n) is 15.1. The predicted molar refractivity (Wildman–Crippen MR) is 103 cm³/mol. The van der Waals surface area contributed by atoms with E-state index in [-0.39, 0.29) is 11.4 Å². The monoisotopic (exact) mass is 370 g/mol. The Hall–Kier alpha value is -2.59. The van der Waals surface area contributed by atoms with Gasteiger partial charge in [-0.1, -0.05) is 23.7 Å². The Balaban J connectivity index is 2.08. The molecule has 0 saturated carbocycles. The number of esters is 1. The lowest BCUT2D eigenvalue weighted by atomic mass is 9.97. The van der Waals surface area contributed by atoms with E-state index in [1.54, 1.807) is 70.2 Å². The van der Waals surface area contributed by atoms with Crippen LogP contribution in [0.5, 0.6) is 5.75 Å². The van der Waals surface area contributed by atoms with Gasteiger partial charge >= 0.3 is 5.97 Å². The predicted octanol–water partition coefficient (Wildman–Crippen LogP) is 5.37. The molecule has 2 aromatic carbocycles. The second-order valence-corrected chi connectivity index (χ2v) is 7.60. The van der Waals surface area contributed by atoms with Gasteiger partial charge in [-0.25, -0.2) is 0 Å². The highest BCUT2D eigenvalue weighted by Crippen LogP contribution is 2.28. The van der Waals surface area contributed by atoms with E-state index in [9.17, 15) is 9.59 Å². The number of ether oxygens (including phenoxy) is 1. The first kappa shape index (κ1) is 18.2. The molecule has 0 aliphatic carbocycles. The van der Waals surface area contributed by atoms with Crippen LogP contribution < -0.4 is 10.2 Å². The van der Waals surface area contributed by atoms with Crippen molar-refractivity contribution in [2.45, 2.75) is 27.7 Å². The van der Waals surface area contributed by atoms with Crippen molar-refractivity contribution in [3.05, 3.63) is 63.5 Å². The topological polar surface area (TPSA) is 56.5 Å². The van der Waals surface area contributed by atoms with E-state index < -0.39 is 5.41 Å². The molecule has 0 fully saturated rings. The normalized spacial score (nSPS) is 11.6. The lowest BCUT2D eigenvalue weighted by Crippen LogP contribution is -2.25. The van der Waals surface area contributed by atoms with E-state index in [0.29, 0.717) is 33.1 Å². The molecular weight excluding hydrogens is 352 g/mol. The van der Waals surface area contributed by atoms with Gasteiger partial charge in [0.15, 0.2) is 0 Å². The first-order chi connectivity index (χ1) is 12.2. The van der Waals surface area contributed by atoms with Gasteiger partial charge in [-0.05, 0) is 57.5 Å². The molecule has 0 radical (unpaired) electrons. The number of aryl methyl sites for hydroxylation is 1. The van der Waals surface area contributed by atoms with Crippen molar-refractivity contribution in [2.24, 2.45) is 5.41 Å². The molecule has 3 aromatic rings. The van der Waals surface area contributed by atoms with Gasteiger partial charge in [0.1, 0.15) is 17.1 Å². The number of halogens is 1. The number of fused-ring (bicyclic) bond motifs is 1. The number of carbonyl (C=O) groups is 1. The fraction of sp³-hybridized carbons (Fsp3) is 0.238. The van der Waals surface area contributed by atoms with E-state index in [1.807, 2.05) is 0 Å². The van der Waals surface area contributed by atoms with Crippen molar-refractivity contribution in [1.82, 2.24) is 0 Å². The zero-order valence-corrected chi connectivity index (χ0v) is 15.8. The molecule has 0 aliphatic heterocycles. The third-order valence-electron chi connectivity index (χ3n) is 4.00. The number of carbonyl (C=O) groups excluding carboxylic acids is 1. The van der Waals surface area contributed by atoms with Gasteiger partial charge in [0.2, 0.25) is 5.43 Å². The lowest BCUT2D eigenvalue weighted by Gasteiger charge is -2.16. The van der Waals surface area contributed by atoms with Crippen LogP contribution in [0.4, 0.5) is 0 Å². The van der Waals surface area contributed by atoms with Crippen molar-refractivity contribution in [2.75, 3.05) is 0 Å². The van der Waals surface area contributed by atoms with E-state index in [4.69, 9.17) is 20.8 Å². The first-order valence-electron chi connectivity index (χ1n) is 8.22.